The lowest BCUT2D eigenvalue weighted by Crippen LogP contribution is -2.32. The summed E-state index contributed by atoms with van der Waals surface area (Å²) in [5.74, 6) is 0.0528. The first-order valence-electron chi connectivity index (χ1n) is 9.13. The Bertz CT molecular complexity index is 950. The topological polar surface area (TPSA) is 66.4 Å². The number of alkyl halides is 3. The smallest absolute Gasteiger partial charge is 0.386 e. The molecule has 0 unspecified atom stereocenters. The fourth-order valence-electron chi connectivity index (χ4n) is 3.07. The van der Waals surface area contributed by atoms with Crippen molar-refractivity contribution < 1.29 is 18.0 Å². The maximum atomic E-state index is 12.3. The van der Waals surface area contributed by atoms with Crippen LogP contribution in [0.4, 0.5) is 13.2 Å². The zero-order valence-corrected chi connectivity index (χ0v) is 18.5. The van der Waals surface area contributed by atoms with Gasteiger partial charge in [-0.1, -0.05) is 28.4 Å². The molecule has 1 saturated heterocycles. The van der Waals surface area contributed by atoms with E-state index in [4.69, 9.17) is 28.5 Å². The van der Waals surface area contributed by atoms with Gasteiger partial charge >= 0.3 is 6.18 Å². The van der Waals surface area contributed by atoms with E-state index < -0.39 is 12.8 Å². The number of aromatic nitrogens is 2. The molecular weight excluding hydrogens is 478 g/mol. The van der Waals surface area contributed by atoms with Crippen LogP contribution in [0, 0.1) is 17.2 Å². The second-order valence-corrected chi connectivity index (χ2v) is 7.70. The Morgan fingerprint density at radius 3 is 2.58 bits per heavy atom. The predicted molar refractivity (Wildman–Crippen MR) is 114 cm³/mol. The molecule has 12 heteroatoms. The fraction of sp³-hybridized carbons (Fsp3) is 0.421. The first-order valence-corrected chi connectivity index (χ1v) is 9.89. The molecule has 0 spiro atoms. The Balaban J connectivity index is 0.00000341. The molecule has 0 amide bonds. The minimum Gasteiger partial charge on any atom is -0.386 e. The largest absolute Gasteiger partial charge is 0.425 e. The van der Waals surface area contributed by atoms with Gasteiger partial charge in [-0.2, -0.15) is 23.5 Å². The van der Waals surface area contributed by atoms with Gasteiger partial charge in [0.1, 0.15) is 5.69 Å². The summed E-state index contributed by atoms with van der Waals surface area (Å²) < 4.78 is 38.3. The van der Waals surface area contributed by atoms with Crippen LogP contribution in [0.3, 0.4) is 0 Å². The number of halogens is 6. The molecule has 1 fully saturated rings. The molecule has 2 aromatic rings. The number of hydrogen-bond acceptors (Lipinski definition) is 5. The van der Waals surface area contributed by atoms with E-state index in [0.717, 1.165) is 37.7 Å². The van der Waals surface area contributed by atoms with Gasteiger partial charge in [0, 0.05) is 24.2 Å². The van der Waals surface area contributed by atoms with Gasteiger partial charge in [-0.3, -0.25) is 4.90 Å². The lowest BCUT2D eigenvalue weighted by molar-refractivity contribution is -0.173. The molecule has 31 heavy (non-hydrogen) atoms. The number of rotatable bonds is 6. The van der Waals surface area contributed by atoms with E-state index in [-0.39, 0.29) is 18.3 Å². The molecular formula is C19H19Cl3F3N5O. The number of oxime groups is 1. The first-order chi connectivity index (χ1) is 14.2. The van der Waals surface area contributed by atoms with Gasteiger partial charge in [-0.15, -0.1) is 12.4 Å². The summed E-state index contributed by atoms with van der Waals surface area (Å²) in [4.78, 5) is 6.50. The molecule has 0 atom stereocenters. The molecule has 1 aromatic heterocycles. The predicted octanol–water partition coefficient (Wildman–Crippen LogP) is 5.25. The summed E-state index contributed by atoms with van der Waals surface area (Å²) in [5.41, 5.74) is 1.78. The van der Waals surface area contributed by atoms with Gasteiger partial charge in [0.2, 0.25) is 6.61 Å². The average Bonchev–Trinajstić information content (AvgIpc) is 3.10. The van der Waals surface area contributed by atoms with Crippen LogP contribution in [0.25, 0.3) is 5.69 Å². The molecule has 168 valence electrons. The summed E-state index contributed by atoms with van der Waals surface area (Å²) in [6, 6.07) is 7.28. The zero-order valence-electron chi connectivity index (χ0n) is 16.1. The van der Waals surface area contributed by atoms with Crippen LogP contribution in [-0.4, -0.2) is 46.8 Å². The molecule has 6 nitrogen and oxygen atoms in total. The van der Waals surface area contributed by atoms with Gasteiger partial charge in [0.15, 0.2) is 0 Å². The van der Waals surface area contributed by atoms with Crippen molar-refractivity contribution in [3.05, 3.63) is 45.7 Å². The van der Waals surface area contributed by atoms with Crippen molar-refractivity contribution in [2.24, 2.45) is 11.1 Å². The van der Waals surface area contributed by atoms with Crippen LogP contribution < -0.4 is 0 Å². The minimum absolute atomic E-state index is 0. The van der Waals surface area contributed by atoms with E-state index in [1.807, 2.05) is 0 Å². The third kappa shape index (κ3) is 7.28. The van der Waals surface area contributed by atoms with Gasteiger partial charge < -0.3 is 4.84 Å². The van der Waals surface area contributed by atoms with Crippen molar-refractivity contribution in [2.75, 3.05) is 19.7 Å². The Hall–Kier alpha value is -1.99. The highest BCUT2D eigenvalue weighted by Gasteiger charge is 2.28. The van der Waals surface area contributed by atoms with E-state index in [1.165, 1.54) is 0 Å². The monoisotopic (exact) mass is 495 g/mol. The Kier molecular flexibility index (Phi) is 9.01. The third-order valence-electron chi connectivity index (χ3n) is 4.63. The van der Waals surface area contributed by atoms with Gasteiger partial charge in [0.25, 0.3) is 0 Å². The fourth-order valence-corrected chi connectivity index (χ4v) is 3.36. The molecule has 1 aliphatic heterocycles. The Morgan fingerprint density at radius 1 is 1.26 bits per heavy atom. The second-order valence-electron chi connectivity index (χ2n) is 6.89. The Morgan fingerprint density at radius 2 is 1.97 bits per heavy atom. The highest BCUT2D eigenvalue weighted by atomic mass is 35.5. The number of benzene rings is 1. The van der Waals surface area contributed by atoms with Gasteiger partial charge in [0.05, 0.1) is 28.0 Å². The summed E-state index contributed by atoms with van der Waals surface area (Å²) in [6.45, 7) is 0.531. The van der Waals surface area contributed by atoms with Crippen molar-refractivity contribution in [2.45, 2.75) is 25.6 Å². The van der Waals surface area contributed by atoms with Gasteiger partial charge in [-0.05, 0) is 44.1 Å². The lowest BCUT2D eigenvalue weighted by Gasteiger charge is -2.28. The van der Waals surface area contributed by atoms with Crippen LogP contribution in [0.15, 0.2) is 29.6 Å². The molecule has 0 bridgehead atoms. The van der Waals surface area contributed by atoms with Crippen LogP contribution in [0.2, 0.25) is 10.0 Å². The number of piperidine rings is 1. The maximum Gasteiger partial charge on any atom is 0.425 e. The summed E-state index contributed by atoms with van der Waals surface area (Å²) >= 11 is 12.0. The first kappa shape index (κ1) is 25.3. The highest BCUT2D eigenvalue weighted by molar-refractivity contribution is 6.42. The Labute approximate surface area is 193 Å². The van der Waals surface area contributed by atoms with Crippen LogP contribution in [0.1, 0.15) is 24.1 Å². The van der Waals surface area contributed by atoms with Crippen LogP contribution >= 0.6 is 35.6 Å². The lowest BCUT2D eigenvalue weighted by atomic mass is 9.98. The van der Waals surface area contributed by atoms with Crippen LogP contribution in [0.5, 0.6) is 0 Å². The number of hydrogen-bond donors (Lipinski definition) is 0. The maximum absolute atomic E-state index is 12.3. The molecule has 0 saturated carbocycles. The SMILES string of the molecule is Cl.N#CC1CCN(Cc2cn(-c3ccc(Cl)c(Cl)c3)nc2/C=N/OCC(F)(F)F)CC1. The van der Waals surface area contributed by atoms with E-state index >= 15 is 0 Å². The van der Waals surface area contributed by atoms with E-state index in [2.05, 4.69) is 26.1 Å². The van der Waals surface area contributed by atoms with Crippen LogP contribution in [-0.2, 0) is 11.4 Å². The van der Waals surface area contributed by atoms with Crippen molar-refractivity contribution in [3.8, 4) is 11.8 Å². The second kappa shape index (κ2) is 11.0. The van der Waals surface area contributed by atoms with Crippen molar-refractivity contribution in [1.29, 1.82) is 5.26 Å². The van der Waals surface area contributed by atoms with Crippen molar-refractivity contribution in [1.82, 2.24) is 14.7 Å². The van der Waals surface area contributed by atoms with Gasteiger partial charge in [-0.25, -0.2) is 4.68 Å². The van der Waals surface area contributed by atoms with E-state index in [9.17, 15) is 13.2 Å². The molecule has 0 N–H and O–H groups in total. The standard InChI is InChI=1S/C19H18Cl2F3N5O.ClH/c20-16-2-1-15(7-17(16)21)29-11-14(10-28-5-3-13(8-25)4-6-28)18(27-29)9-26-30-12-19(22,23)24;/h1-2,7,9,11,13H,3-6,10,12H2;1H/b26-9+;. The highest BCUT2D eigenvalue weighted by Crippen LogP contribution is 2.25. The quantitative estimate of drug-likeness (QED) is 0.405. The molecule has 2 heterocycles. The van der Waals surface area contributed by atoms with E-state index in [0.29, 0.717) is 28.0 Å². The summed E-state index contributed by atoms with van der Waals surface area (Å²) in [5, 5.41) is 17.6. The van der Waals surface area contributed by atoms with Crippen molar-refractivity contribution in [3.63, 3.8) is 0 Å². The average molecular weight is 497 g/mol. The molecule has 0 radical (unpaired) electrons. The summed E-state index contributed by atoms with van der Waals surface area (Å²) in [7, 11) is 0. The number of nitrogens with zero attached hydrogens (tertiary/aromatic N) is 5. The normalized spacial score (nSPS) is 15.6. The molecule has 0 aliphatic carbocycles. The number of nitriles is 1. The van der Waals surface area contributed by atoms with E-state index in [1.54, 1.807) is 29.1 Å². The number of likely N-dealkylation sites (tertiary alicyclic amines) is 1. The minimum atomic E-state index is -4.47. The molecule has 1 aromatic carbocycles. The third-order valence-corrected chi connectivity index (χ3v) is 5.37. The zero-order chi connectivity index (χ0) is 21.7. The molecule has 3 rings (SSSR count). The summed E-state index contributed by atoms with van der Waals surface area (Å²) in [6.07, 6.45) is 0.00789. The van der Waals surface area contributed by atoms with Crippen molar-refractivity contribution >= 4 is 41.8 Å². The molecule has 1 aliphatic rings.